The number of sulfone groups is 1. The van der Waals surface area contributed by atoms with Gasteiger partial charge in [0.05, 0.1) is 11.5 Å². The standard InChI is InChI=1S/C18H23N3O4S2/c1-18(2,3)13-8-6-12(7-9-13)16-20-21-17(25-16)26-11-14(22)19-15-5-4-10-27(15,23)24/h6-9,15H,4-5,10-11H2,1-3H3,(H,19,22). The zero-order valence-electron chi connectivity index (χ0n) is 15.6. The van der Waals surface area contributed by atoms with Crippen LogP contribution in [0.2, 0.25) is 0 Å². The number of nitrogens with one attached hydrogen (secondary N) is 1. The Kier molecular flexibility index (Phi) is 5.62. The lowest BCUT2D eigenvalue weighted by Gasteiger charge is -2.18. The Morgan fingerprint density at radius 2 is 1.96 bits per heavy atom. The maximum atomic E-state index is 12.0. The maximum absolute atomic E-state index is 12.0. The van der Waals surface area contributed by atoms with E-state index in [1.807, 2.05) is 24.3 Å². The SMILES string of the molecule is CC(C)(C)c1ccc(-c2nnc(SCC(=O)NC3CCCS3(=O)=O)o2)cc1. The van der Waals surface area contributed by atoms with Gasteiger partial charge in [0.1, 0.15) is 5.37 Å². The molecule has 1 aromatic heterocycles. The molecule has 0 radical (unpaired) electrons. The molecule has 1 unspecified atom stereocenters. The van der Waals surface area contributed by atoms with Gasteiger partial charge in [0.25, 0.3) is 5.22 Å². The molecule has 1 aliphatic rings. The van der Waals surface area contributed by atoms with Gasteiger partial charge in [-0.1, -0.05) is 44.7 Å². The van der Waals surface area contributed by atoms with Crippen molar-refractivity contribution in [3.63, 3.8) is 0 Å². The van der Waals surface area contributed by atoms with Crippen molar-refractivity contribution >= 4 is 27.5 Å². The van der Waals surface area contributed by atoms with Crippen LogP contribution in [-0.2, 0) is 20.0 Å². The first kappa shape index (κ1) is 19.9. The lowest BCUT2D eigenvalue weighted by molar-refractivity contribution is -0.118. The molecule has 27 heavy (non-hydrogen) atoms. The van der Waals surface area contributed by atoms with E-state index in [0.717, 1.165) is 17.3 Å². The number of nitrogens with zero attached hydrogens (tertiary/aromatic N) is 2. The number of aromatic nitrogens is 2. The van der Waals surface area contributed by atoms with Crippen LogP contribution in [0.5, 0.6) is 0 Å². The van der Waals surface area contributed by atoms with Crippen LogP contribution in [-0.4, -0.2) is 41.4 Å². The number of thioether (sulfide) groups is 1. The normalized spacial score (nSPS) is 19.1. The molecule has 0 bridgehead atoms. The molecule has 1 fully saturated rings. The molecule has 0 spiro atoms. The van der Waals surface area contributed by atoms with Crippen LogP contribution in [0.25, 0.3) is 11.5 Å². The molecular weight excluding hydrogens is 386 g/mol. The van der Waals surface area contributed by atoms with Gasteiger partial charge in [0.15, 0.2) is 9.84 Å². The van der Waals surface area contributed by atoms with E-state index in [9.17, 15) is 13.2 Å². The first-order valence-corrected chi connectivity index (χ1v) is 11.4. The Balaban J connectivity index is 1.57. The molecule has 1 saturated heterocycles. The molecule has 0 saturated carbocycles. The highest BCUT2D eigenvalue weighted by atomic mass is 32.2. The topological polar surface area (TPSA) is 102 Å². The quantitative estimate of drug-likeness (QED) is 0.758. The summed E-state index contributed by atoms with van der Waals surface area (Å²) in [5.41, 5.74) is 2.08. The average molecular weight is 410 g/mol. The summed E-state index contributed by atoms with van der Waals surface area (Å²) in [5, 5.41) is 10.0. The number of carbonyl (C=O) groups is 1. The Bertz CT molecular complexity index is 915. The highest BCUT2D eigenvalue weighted by Gasteiger charge is 2.32. The smallest absolute Gasteiger partial charge is 0.277 e. The molecule has 3 rings (SSSR count). The zero-order chi connectivity index (χ0) is 19.7. The van der Waals surface area contributed by atoms with Crippen molar-refractivity contribution < 1.29 is 17.6 Å². The van der Waals surface area contributed by atoms with Gasteiger partial charge in [-0.2, -0.15) is 0 Å². The molecule has 0 aliphatic carbocycles. The van der Waals surface area contributed by atoms with Crippen LogP contribution < -0.4 is 5.32 Å². The maximum Gasteiger partial charge on any atom is 0.277 e. The molecule has 146 valence electrons. The average Bonchev–Trinajstić information content (AvgIpc) is 3.19. The third-order valence-electron chi connectivity index (χ3n) is 4.38. The van der Waals surface area contributed by atoms with E-state index in [4.69, 9.17) is 4.42 Å². The van der Waals surface area contributed by atoms with Crippen LogP contribution in [0.3, 0.4) is 0 Å². The summed E-state index contributed by atoms with van der Waals surface area (Å²) in [5.74, 6) is 0.185. The van der Waals surface area contributed by atoms with Crippen molar-refractivity contribution in [3.8, 4) is 11.5 Å². The third-order valence-corrected chi connectivity index (χ3v) is 7.28. The molecule has 2 heterocycles. The van der Waals surface area contributed by atoms with Gasteiger partial charge < -0.3 is 9.73 Å². The number of carbonyl (C=O) groups excluding carboxylic acids is 1. The molecule has 2 aromatic rings. The predicted octanol–water partition coefficient (Wildman–Crippen LogP) is 2.78. The molecular formula is C18H23N3O4S2. The number of rotatable bonds is 5. The van der Waals surface area contributed by atoms with Crippen molar-refractivity contribution in [1.29, 1.82) is 0 Å². The Morgan fingerprint density at radius 1 is 1.26 bits per heavy atom. The van der Waals surface area contributed by atoms with Crippen molar-refractivity contribution in [2.24, 2.45) is 0 Å². The van der Waals surface area contributed by atoms with E-state index in [1.54, 1.807) is 0 Å². The minimum Gasteiger partial charge on any atom is -0.411 e. The summed E-state index contributed by atoms with van der Waals surface area (Å²) >= 11 is 1.09. The summed E-state index contributed by atoms with van der Waals surface area (Å²) in [6, 6.07) is 7.92. The van der Waals surface area contributed by atoms with Crippen LogP contribution in [0.4, 0.5) is 0 Å². The zero-order valence-corrected chi connectivity index (χ0v) is 17.2. The van der Waals surface area contributed by atoms with Crippen LogP contribution >= 0.6 is 11.8 Å². The Hall–Kier alpha value is -1.87. The van der Waals surface area contributed by atoms with E-state index in [1.165, 1.54) is 5.56 Å². The summed E-state index contributed by atoms with van der Waals surface area (Å²) in [7, 11) is -3.20. The fourth-order valence-corrected chi connectivity index (χ4v) is 5.06. The number of amides is 1. The Labute approximate surface area is 163 Å². The second-order valence-electron chi connectivity index (χ2n) is 7.55. The number of benzene rings is 1. The first-order valence-electron chi connectivity index (χ1n) is 8.73. The second-order valence-corrected chi connectivity index (χ2v) is 10.8. The van der Waals surface area contributed by atoms with Gasteiger partial charge in [-0.25, -0.2) is 8.42 Å². The largest absolute Gasteiger partial charge is 0.411 e. The van der Waals surface area contributed by atoms with Gasteiger partial charge >= 0.3 is 0 Å². The second kappa shape index (κ2) is 7.63. The molecule has 7 nitrogen and oxygen atoms in total. The predicted molar refractivity (Wildman–Crippen MR) is 104 cm³/mol. The molecule has 1 N–H and O–H groups in total. The van der Waals surface area contributed by atoms with Crippen molar-refractivity contribution in [2.45, 2.75) is 49.6 Å². The minimum atomic E-state index is -3.20. The number of hydrogen-bond donors (Lipinski definition) is 1. The van der Waals surface area contributed by atoms with Crippen molar-refractivity contribution in [3.05, 3.63) is 29.8 Å². The molecule has 1 amide bonds. The highest BCUT2D eigenvalue weighted by Crippen LogP contribution is 2.27. The lowest BCUT2D eigenvalue weighted by Crippen LogP contribution is -2.38. The molecule has 1 atom stereocenters. The number of hydrogen-bond acceptors (Lipinski definition) is 7. The lowest BCUT2D eigenvalue weighted by atomic mass is 9.87. The van der Waals surface area contributed by atoms with Gasteiger partial charge in [-0.05, 0) is 36.0 Å². The molecule has 1 aromatic carbocycles. The fraction of sp³-hybridized carbons (Fsp3) is 0.500. The van der Waals surface area contributed by atoms with Gasteiger partial charge in [-0.15, -0.1) is 10.2 Å². The van der Waals surface area contributed by atoms with Crippen molar-refractivity contribution in [2.75, 3.05) is 11.5 Å². The van der Waals surface area contributed by atoms with Crippen LogP contribution in [0, 0.1) is 0 Å². The minimum absolute atomic E-state index is 0.0244. The van der Waals surface area contributed by atoms with Crippen LogP contribution in [0.1, 0.15) is 39.2 Å². The Morgan fingerprint density at radius 3 is 2.56 bits per heavy atom. The monoisotopic (exact) mass is 409 g/mol. The van der Waals surface area contributed by atoms with E-state index in [-0.39, 0.29) is 28.1 Å². The summed E-state index contributed by atoms with van der Waals surface area (Å²) in [4.78, 5) is 12.0. The summed E-state index contributed by atoms with van der Waals surface area (Å²) < 4.78 is 29.1. The highest BCUT2D eigenvalue weighted by molar-refractivity contribution is 7.99. The summed E-state index contributed by atoms with van der Waals surface area (Å²) in [6.07, 6.45) is 1.05. The van der Waals surface area contributed by atoms with Crippen LogP contribution in [0.15, 0.2) is 33.9 Å². The molecule has 1 aliphatic heterocycles. The van der Waals surface area contributed by atoms with Gasteiger partial charge in [0, 0.05) is 5.56 Å². The first-order chi connectivity index (χ1) is 12.6. The third kappa shape index (κ3) is 4.90. The van der Waals surface area contributed by atoms with Gasteiger partial charge in [0.2, 0.25) is 11.8 Å². The van der Waals surface area contributed by atoms with Gasteiger partial charge in [-0.3, -0.25) is 4.79 Å². The van der Waals surface area contributed by atoms with E-state index in [0.29, 0.717) is 18.7 Å². The van der Waals surface area contributed by atoms with E-state index >= 15 is 0 Å². The van der Waals surface area contributed by atoms with E-state index in [2.05, 4.69) is 36.3 Å². The summed E-state index contributed by atoms with van der Waals surface area (Å²) in [6.45, 7) is 6.43. The molecule has 9 heteroatoms. The fourth-order valence-electron chi connectivity index (χ4n) is 2.80. The van der Waals surface area contributed by atoms with E-state index < -0.39 is 15.2 Å². The van der Waals surface area contributed by atoms with Crippen molar-refractivity contribution in [1.82, 2.24) is 15.5 Å².